The Hall–Kier alpha value is -0.650. The molecule has 2 rings (SSSR count). The van der Waals surface area contributed by atoms with Crippen LogP contribution in [0.2, 0.25) is 0 Å². The van der Waals surface area contributed by atoms with Crippen molar-refractivity contribution in [2.75, 3.05) is 39.9 Å². The van der Waals surface area contributed by atoms with Crippen LogP contribution in [0, 0.1) is 0 Å². The summed E-state index contributed by atoms with van der Waals surface area (Å²) in [5.41, 5.74) is 0. The predicted octanol–water partition coefficient (Wildman–Crippen LogP) is 0.861. The smallest absolute Gasteiger partial charge is 0.305 e. The van der Waals surface area contributed by atoms with Gasteiger partial charge in [-0.05, 0) is 51.7 Å². The molecule has 2 aliphatic heterocycles. The highest BCUT2D eigenvalue weighted by molar-refractivity contribution is 5.69. The maximum Gasteiger partial charge on any atom is 0.305 e. The zero-order valence-corrected chi connectivity index (χ0v) is 12.6. The van der Waals surface area contributed by atoms with Crippen molar-refractivity contribution in [2.24, 2.45) is 0 Å². The summed E-state index contributed by atoms with van der Waals surface area (Å²) < 4.78 is 4.68. The third kappa shape index (κ3) is 4.17. The lowest BCUT2D eigenvalue weighted by Gasteiger charge is -2.31. The second-order valence-corrected chi connectivity index (χ2v) is 5.99. The van der Waals surface area contributed by atoms with Crippen molar-refractivity contribution in [1.29, 1.82) is 0 Å². The minimum absolute atomic E-state index is 0.111. The lowest BCUT2D eigenvalue weighted by atomic mass is 10.1. The summed E-state index contributed by atoms with van der Waals surface area (Å²) in [5.74, 6) is -0.111. The van der Waals surface area contributed by atoms with Crippen LogP contribution in [-0.4, -0.2) is 72.9 Å². The number of aliphatic hydroxyl groups is 1. The van der Waals surface area contributed by atoms with Gasteiger partial charge in [0.2, 0.25) is 0 Å². The predicted molar refractivity (Wildman–Crippen MR) is 77.5 cm³/mol. The Labute approximate surface area is 121 Å². The molecule has 2 atom stereocenters. The molecule has 0 amide bonds. The Kier molecular flexibility index (Phi) is 6.26. The van der Waals surface area contributed by atoms with Crippen LogP contribution in [0.25, 0.3) is 0 Å². The maximum absolute atomic E-state index is 11.2. The summed E-state index contributed by atoms with van der Waals surface area (Å²) in [6, 6.07) is 0.965. The first-order valence-electron chi connectivity index (χ1n) is 7.90. The number of hydrogen-bond donors (Lipinski definition) is 1. The average Bonchev–Trinajstić information content (AvgIpc) is 3.08. The molecule has 0 saturated carbocycles. The van der Waals surface area contributed by atoms with Crippen molar-refractivity contribution in [3.05, 3.63) is 0 Å². The molecule has 2 heterocycles. The fourth-order valence-electron chi connectivity index (χ4n) is 3.54. The third-order valence-corrected chi connectivity index (χ3v) is 4.71. The van der Waals surface area contributed by atoms with Gasteiger partial charge in [-0.1, -0.05) is 0 Å². The Balaban J connectivity index is 1.74. The molecule has 2 fully saturated rings. The van der Waals surface area contributed by atoms with E-state index in [0.29, 0.717) is 18.5 Å². The second-order valence-electron chi connectivity index (χ2n) is 5.99. The zero-order valence-electron chi connectivity index (χ0n) is 12.6. The molecular weight excluding hydrogens is 256 g/mol. The molecule has 0 aromatic heterocycles. The van der Waals surface area contributed by atoms with E-state index in [0.717, 1.165) is 39.0 Å². The van der Waals surface area contributed by atoms with Crippen molar-refractivity contribution in [2.45, 2.75) is 50.6 Å². The molecule has 2 aliphatic rings. The number of carbonyl (C=O) groups is 1. The van der Waals surface area contributed by atoms with Gasteiger partial charge in [0, 0.05) is 25.0 Å². The normalized spacial score (nSPS) is 28.1. The van der Waals surface area contributed by atoms with E-state index in [2.05, 4.69) is 14.5 Å². The SMILES string of the molecule is COC(=O)CCCN1CCCC1CN1CCCC1CO. The van der Waals surface area contributed by atoms with Crippen molar-refractivity contribution in [3.63, 3.8) is 0 Å². The summed E-state index contributed by atoms with van der Waals surface area (Å²) in [5, 5.41) is 9.40. The number of esters is 1. The molecule has 5 heteroatoms. The first kappa shape index (κ1) is 15.7. The number of likely N-dealkylation sites (tertiary alicyclic amines) is 2. The third-order valence-electron chi connectivity index (χ3n) is 4.71. The first-order chi connectivity index (χ1) is 9.74. The van der Waals surface area contributed by atoms with E-state index < -0.39 is 0 Å². The van der Waals surface area contributed by atoms with Crippen LogP contribution >= 0.6 is 0 Å². The van der Waals surface area contributed by atoms with Crippen LogP contribution in [0.15, 0.2) is 0 Å². The maximum atomic E-state index is 11.2. The van der Waals surface area contributed by atoms with Crippen LogP contribution in [0.3, 0.4) is 0 Å². The second kappa shape index (κ2) is 7.96. The zero-order chi connectivity index (χ0) is 14.4. The molecule has 0 spiro atoms. The summed E-state index contributed by atoms with van der Waals surface area (Å²) >= 11 is 0. The molecule has 1 N–H and O–H groups in total. The van der Waals surface area contributed by atoms with Crippen LogP contribution in [0.1, 0.15) is 38.5 Å². The van der Waals surface area contributed by atoms with Gasteiger partial charge >= 0.3 is 5.97 Å². The molecule has 0 aromatic rings. The van der Waals surface area contributed by atoms with Gasteiger partial charge in [-0.3, -0.25) is 14.6 Å². The van der Waals surface area contributed by atoms with E-state index in [9.17, 15) is 9.90 Å². The number of carbonyl (C=O) groups excluding carboxylic acids is 1. The number of hydrogen-bond acceptors (Lipinski definition) is 5. The molecular formula is C15H28N2O3. The van der Waals surface area contributed by atoms with E-state index in [4.69, 9.17) is 0 Å². The van der Waals surface area contributed by atoms with E-state index in [-0.39, 0.29) is 12.6 Å². The van der Waals surface area contributed by atoms with E-state index >= 15 is 0 Å². The van der Waals surface area contributed by atoms with E-state index in [1.165, 1.54) is 26.4 Å². The molecule has 116 valence electrons. The molecule has 2 unspecified atom stereocenters. The van der Waals surface area contributed by atoms with Gasteiger partial charge in [-0.2, -0.15) is 0 Å². The van der Waals surface area contributed by atoms with Gasteiger partial charge in [0.05, 0.1) is 13.7 Å². The van der Waals surface area contributed by atoms with Gasteiger partial charge in [0.1, 0.15) is 0 Å². The van der Waals surface area contributed by atoms with Gasteiger partial charge in [-0.15, -0.1) is 0 Å². The monoisotopic (exact) mass is 284 g/mol. The van der Waals surface area contributed by atoms with Crippen molar-refractivity contribution in [1.82, 2.24) is 9.80 Å². The highest BCUT2D eigenvalue weighted by atomic mass is 16.5. The van der Waals surface area contributed by atoms with Crippen LogP contribution in [0.5, 0.6) is 0 Å². The Morgan fingerprint density at radius 2 is 1.90 bits per heavy atom. The topological polar surface area (TPSA) is 53.0 Å². The molecule has 0 bridgehead atoms. The Morgan fingerprint density at radius 1 is 1.20 bits per heavy atom. The summed E-state index contributed by atoms with van der Waals surface area (Å²) in [4.78, 5) is 16.1. The first-order valence-corrected chi connectivity index (χ1v) is 7.90. The van der Waals surface area contributed by atoms with Gasteiger partial charge in [0.15, 0.2) is 0 Å². The molecule has 0 aromatic carbocycles. The fourth-order valence-corrected chi connectivity index (χ4v) is 3.54. The van der Waals surface area contributed by atoms with Crippen molar-refractivity contribution >= 4 is 5.97 Å². The molecule has 2 saturated heterocycles. The Morgan fingerprint density at radius 3 is 2.60 bits per heavy atom. The minimum Gasteiger partial charge on any atom is -0.469 e. The van der Waals surface area contributed by atoms with Gasteiger partial charge in [-0.25, -0.2) is 0 Å². The van der Waals surface area contributed by atoms with Crippen LogP contribution < -0.4 is 0 Å². The summed E-state index contributed by atoms with van der Waals surface area (Å²) in [7, 11) is 1.45. The molecule has 20 heavy (non-hydrogen) atoms. The lowest BCUT2D eigenvalue weighted by Crippen LogP contribution is -2.43. The van der Waals surface area contributed by atoms with Gasteiger partial charge in [0.25, 0.3) is 0 Å². The molecule has 0 aliphatic carbocycles. The van der Waals surface area contributed by atoms with Crippen molar-refractivity contribution < 1.29 is 14.6 Å². The van der Waals surface area contributed by atoms with Crippen LogP contribution in [-0.2, 0) is 9.53 Å². The van der Waals surface area contributed by atoms with Gasteiger partial charge < -0.3 is 9.84 Å². The standard InChI is InChI=1S/C15H28N2O3/c1-20-15(19)7-4-9-16-8-2-5-13(16)11-17-10-3-6-14(17)12-18/h13-14,18H,2-12H2,1H3. The highest BCUT2D eigenvalue weighted by Gasteiger charge is 2.30. The molecule has 5 nitrogen and oxygen atoms in total. The number of ether oxygens (including phenoxy) is 1. The summed E-state index contributed by atoms with van der Waals surface area (Å²) in [6.45, 7) is 4.61. The largest absolute Gasteiger partial charge is 0.469 e. The highest BCUT2D eigenvalue weighted by Crippen LogP contribution is 2.23. The number of methoxy groups -OCH3 is 1. The average molecular weight is 284 g/mol. The summed E-state index contributed by atoms with van der Waals surface area (Å²) in [6.07, 6.45) is 6.23. The van der Waals surface area contributed by atoms with Crippen LogP contribution in [0.4, 0.5) is 0 Å². The molecule has 0 radical (unpaired) electrons. The Bertz CT molecular complexity index is 311. The van der Waals surface area contributed by atoms with Crippen molar-refractivity contribution in [3.8, 4) is 0 Å². The van der Waals surface area contributed by atoms with E-state index in [1.807, 2.05) is 0 Å². The minimum atomic E-state index is -0.111. The number of nitrogens with zero attached hydrogens (tertiary/aromatic N) is 2. The number of aliphatic hydroxyl groups excluding tert-OH is 1. The number of rotatable bonds is 7. The van der Waals surface area contributed by atoms with E-state index in [1.54, 1.807) is 0 Å². The fraction of sp³-hybridized carbons (Fsp3) is 0.933. The lowest BCUT2D eigenvalue weighted by molar-refractivity contribution is -0.140. The quantitative estimate of drug-likeness (QED) is 0.703.